The Morgan fingerprint density at radius 2 is 1.62 bits per heavy atom. The van der Waals surface area contributed by atoms with Crippen LogP contribution < -0.4 is 0 Å². The van der Waals surface area contributed by atoms with E-state index in [1.807, 2.05) is 0 Å². The van der Waals surface area contributed by atoms with Gasteiger partial charge in [-0.3, -0.25) is 0 Å². The largest absolute Gasteiger partial charge is 0.520 e. The fourth-order valence-corrected chi connectivity index (χ4v) is 4.19. The van der Waals surface area contributed by atoms with Crippen LogP contribution in [-0.2, 0) is 13.4 Å². The summed E-state index contributed by atoms with van der Waals surface area (Å²) >= 11 is -2.22. The van der Waals surface area contributed by atoms with Gasteiger partial charge in [-0.05, 0) is 0 Å². The highest BCUT2D eigenvalue weighted by Gasteiger charge is 2.48. The molecule has 0 heterocycles. The SMILES string of the molecule is C[CH2][Al]([CH2]C)[O]S(=O)(=O)C(F)(F)F. The Hall–Kier alpha value is 0.232. The molecule has 0 aromatic carbocycles. The highest BCUT2D eigenvalue weighted by atomic mass is 32.2. The summed E-state index contributed by atoms with van der Waals surface area (Å²) < 4.78 is 60.3. The van der Waals surface area contributed by atoms with Gasteiger partial charge in [0.1, 0.15) is 0 Å². The molecule has 0 rings (SSSR count). The van der Waals surface area contributed by atoms with Gasteiger partial charge in [0.2, 0.25) is 0 Å². The number of alkyl halides is 3. The monoisotopic (exact) mass is 234 g/mol. The lowest BCUT2D eigenvalue weighted by atomic mass is 10.9. The third kappa shape index (κ3) is 3.85. The van der Waals surface area contributed by atoms with Crippen molar-refractivity contribution < 1.29 is 24.8 Å². The van der Waals surface area contributed by atoms with E-state index in [1.54, 1.807) is 13.8 Å². The van der Waals surface area contributed by atoms with Gasteiger partial charge in [-0.1, -0.05) is 24.4 Å². The van der Waals surface area contributed by atoms with Crippen LogP contribution in [0.25, 0.3) is 0 Å². The summed E-state index contributed by atoms with van der Waals surface area (Å²) in [4.78, 5) is 0. The fourth-order valence-electron chi connectivity index (χ4n) is 0.658. The summed E-state index contributed by atoms with van der Waals surface area (Å²) in [7, 11) is -5.36. The Bertz CT molecular complexity index is 244. The Morgan fingerprint density at radius 3 is 1.85 bits per heavy atom. The zero-order valence-corrected chi connectivity index (χ0v) is 9.23. The van der Waals surface area contributed by atoms with Crippen molar-refractivity contribution in [2.75, 3.05) is 0 Å². The second-order valence-corrected chi connectivity index (χ2v) is 7.45. The van der Waals surface area contributed by atoms with E-state index >= 15 is 0 Å². The maximum Gasteiger partial charge on any atom is 0.520 e. The van der Waals surface area contributed by atoms with E-state index in [-0.39, 0.29) is 0 Å². The Kier molecular flexibility index (Phi) is 4.73. The van der Waals surface area contributed by atoms with Crippen molar-refractivity contribution in [2.45, 2.75) is 29.9 Å². The average Bonchev–Trinajstić information content (AvgIpc) is 1.98. The predicted octanol–water partition coefficient (Wildman–Crippen LogP) is 1.88. The number of hydrogen-bond donors (Lipinski definition) is 0. The van der Waals surface area contributed by atoms with E-state index in [2.05, 4.69) is 3.23 Å². The van der Waals surface area contributed by atoms with Gasteiger partial charge < -0.3 is 3.23 Å². The van der Waals surface area contributed by atoms with Crippen LogP contribution >= 0.6 is 0 Å². The maximum atomic E-state index is 11.8. The summed E-state index contributed by atoms with van der Waals surface area (Å²) in [6.07, 6.45) is 0. The Balaban J connectivity index is 4.52. The van der Waals surface area contributed by atoms with Crippen molar-refractivity contribution >= 4 is 24.6 Å². The molecule has 0 spiro atoms. The first-order valence-electron chi connectivity index (χ1n) is 3.74. The summed E-state index contributed by atoms with van der Waals surface area (Å²) in [5.41, 5.74) is -5.29. The third-order valence-electron chi connectivity index (χ3n) is 1.46. The number of rotatable bonds is 4. The summed E-state index contributed by atoms with van der Waals surface area (Å²) in [6, 6.07) is 0. The molecule has 13 heavy (non-hydrogen) atoms. The van der Waals surface area contributed by atoms with Gasteiger partial charge in [-0.15, -0.1) is 0 Å². The van der Waals surface area contributed by atoms with Gasteiger partial charge in [0, 0.05) is 0 Å². The van der Waals surface area contributed by atoms with Crippen molar-refractivity contribution in [1.82, 2.24) is 0 Å². The minimum Gasteiger partial charge on any atom is -0.391 e. The van der Waals surface area contributed by atoms with Crippen LogP contribution in [0.15, 0.2) is 0 Å². The van der Waals surface area contributed by atoms with Gasteiger partial charge in [0.05, 0.1) is 0 Å². The molecule has 0 aromatic rings. The van der Waals surface area contributed by atoms with Crippen molar-refractivity contribution in [3.8, 4) is 0 Å². The van der Waals surface area contributed by atoms with Crippen LogP contribution in [-0.4, -0.2) is 28.4 Å². The average molecular weight is 234 g/mol. The van der Waals surface area contributed by atoms with Gasteiger partial charge in [-0.25, -0.2) is 0 Å². The molecule has 0 N–H and O–H groups in total. The van der Waals surface area contributed by atoms with Crippen LogP contribution in [0.2, 0.25) is 10.6 Å². The van der Waals surface area contributed by atoms with E-state index in [4.69, 9.17) is 0 Å². The molecule has 3 nitrogen and oxygen atoms in total. The third-order valence-corrected chi connectivity index (χ3v) is 5.95. The molecular weight excluding hydrogens is 224 g/mol. The van der Waals surface area contributed by atoms with Crippen molar-refractivity contribution in [3.63, 3.8) is 0 Å². The first-order chi connectivity index (χ1) is 5.74. The minimum atomic E-state index is -5.36. The zero-order valence-electron chi connectivity index (χ0n) is 7.26. The van der Waals surface area contributed by atoms with Crippen LogP contribution in [0.3, 0.4) is 0 Å². The highest BCUT2D eigenvalue weighted by Crippen LogP contribution is 2.26. The van der Waals surface area contributed by atoms with E-state index in [0.29, 0.717) is 10.6 Å². The quantitative estimate of drug-likeness (QED) is 0.551. The van der Waals surface area contributed by atoms with Gasteiger partial charge in [0.15, 0.2) is 0 Å². The first kappa shape index (κ1) is 13.2. The Labute approximate surface area is 79.7 Å². The summed E-state index contributed by atoms with van der Waals surface area (Å²) in [5.74, 6) is 0. The molecule has 0 saturated carbocycles. The van der Waals surface area contributed by atoms with Crippen molar-refractivity contribution in [2.24, 2.45) is 0 Å². The van der Waals surface area contributed by atoms with E-state index in [1.165, 1.54) is 0 Å². The van der Waals surface area contributed by atoms with E-state index < -0.39 is 30.1 Å². The lowest BCUT2D eigenvalue weighted by Gasteiger charge is -2.12. The Morgan fingerprint density at radius 1 is 1.23 bits per heavy atom. The molecule has 8 heteroatoms. The summed E-state index contributed by atoms with van der Waals surface area (Å²) in [5, 5.41) is 0.734. The molecule has 0 amide bonds. The van der Waals surface area contributed by atoms with Gasteiger partial charge >= 0.3 is 30.1 Å². The standard InChI is InChI=1S/2C2H5.CHF3O3S.Al/c2*1-2;2-1(3,4)8(5,6)7;/h2*1H2,2H3;(H,5,6,7);/q;;;+1/p-1. The highest BCUT2D eigenvalue weighted by molar-refractivity contribution is 7.88. The van der Waals surface area contributed by atoms with Crippen molar-refractivity contribution in [1.29, 1.82) is 0 Å². The topological polar surface area (TPSA) is 43.4 Å². The minimum absolute atomic E-state index is 0.367. The molecule has 0 aromatic heterocycles. The number of hydrogen-bond acceptors (Lipinski definition) is 3. The molecule has 0 atom stereocenters. The maximum absolute atomic E-state index is 11.8. The van der Waals surface area contributed by atoms with Crippen molar-refractivity contribution in [3.05, 3.63) is 0 Å². The summed E-state index contributed by atoms with van der Waals surface area (Å²) in [6.45, 7) is 3.23. The van der Waals surface area contributed by atoms with Crippen LogP contribution in [0.5, 0.6) is 0 Å². The first-order valence-corrected chi connectivity index (χ1v) is 7.25. The lowest BCUT2D eigenvalue weighted by molar-refractivity contribution is -0.0501. The molecule has 0 saturated heterocycles. The van der Waals surface area contributed by atoms with E-state index in [0.717, 1.165) is 0 Å². The second kappa shape index (κ2) is 4.64. The van der Waals surface area contributed by atoms with Crippen LogP contribution in [0.4, 0.5) is 13.2 Å². The number of halogens is 3. The van der Waals surface area contributed by atoms with Crippen LogP contribution in [0.1, 0.15) is 13.8 Å². The fraction of sp³-hybridized carbons (Fsp3) is 1.00. The molecule has 0 unspecified atom stereocenters. The molecule has 0 radical (unpaired) electrons. The van der Waals surface area contributed by atoms with Gasteiger partial charge in [0.25, 0.3) is 0 Å². The molecule has 0 fully saturated rings. The van der Waals surface area contributed by atoms with E-state index in [9.17, 15) is 21.6 Å². The van der Waals surface area contributed by atoms with Gasteiger partial charge in [-0.2, -0.15) is 21.6 Å². The lowest BCUT2D eigenvalue weighted by Crippen LogP contribution is -2.31. The molecular formula is C5H10AlF3O3S. The molecule has 0 bridgehead atoms. The molecule has 0 aliphatic carbocycles. The van der Waals surface area contributed by atoms with Crippen LogP contribution in [0, 0.1) is 0 Å². The molecule has 0 aliphatic rings. The normalized spacial score (nSPS) is 13.0. The second-order valence-electron chi connectivity index (χ2n) is 2.43. The predicted molar refractivity (Wildman–Crippen MR) is 42.8 cm³/mol. The zero-order chi connectivity index (χ0) is 10.7. The smallest absolute Gasteiger partial charge is 0.391 e. The molecule has 0 aliphatic heterocycles. The molecule has 78 valence electrons.